The molecule has 0 radical (unpaired) electrons. The van der Waals surface area contributed by atoms with Crippen LogP contribution in [0.4, 0.5) is 0 Å². The number of allylic oxidation sites excluding steroid dienone is 3. The van der Waals surface area contributed by atoms with Gasteiger partial charge >= 0.3 is 0 Å². The van der Waals surface area contributed by atoms with E-state index in [0.29, 0.717) is 0 Å². The molecule has 0 fully saturated rings. The molecule has 98 valence electrons. The second-order valence-corrected chi connectivity index (χ2v) is 5.81. The molecule has 1 aliphatic rings. The first kappa shape index (κ1) is 14.4. The van der Waals surface area contributed by atoms with E-state index in [4.69, 9.17) is 5.73 Å². The number of Topliss-reactive ketones (excluding diaryl/α,β-unsaturated/α-hetero) is 1. The highest BCUT2D eigenvalue weighted by Crippen LogP contribution is 2.39. The molecule has 0 aliphatic carbocycles. The quantitative estimate of drug-likeness (QED) is 0.811. The topological polar surface area (TPSA) is 72.5 Å². The molecular weight excluding hydrogens is 228 g/mol. The number of nitrogens with two attached hydrogens (primary N) is 1. The monoisotopic (exact) mass is 248 g/mol. The van der Waals surface area contributed by atoms with Crippen LogP contribution in [0.15, 0.2) is 28.4 Å². The molecule has 0 spiro atoms. The Labute approximate surface area is 108 Å². The zero-order chi connectivity index (χ0) is 14.1. The van der Waals surface area contributed by atoms with Gasteiger partial charge < -0.3 is 5.73 Å². The van der Waals surface area contributed by atoms with Crippen LogP contribution in [-0.2, 0) is 9.59 Å². The van der Waals surface area contributed by atoms with E-state index in [1.54, 1.807) is 12.3 Å². The van der Waals surface area contributed by atoms with Crippen LogP contribution < -0.4 is 5.73 Å². The Morgan fingerprint density at radius 1 is 1.33 bits per heavy atom. The van der Waals surface area contributed by atoms with Crippen molar-refractivity contribution in [3.8, 4) is 0 Å². The van der Waals surface area contributed by atoms with Crippen molar-refractivity contribution in [3.63, 3.8) is 0 Å². The lowest BCUT2D eigenvalue weighted by Crippen LogP contribution is -2.32. The van der Waals surface area contributed by atoms with E-state index in [1.165, 1.54) is 6.92 Å². The minimum atomic E-state index is -0.681. The molecule has 1 heterocycles. The summed E-state index contributed by atoms with van der Waals surface area (Å²) in [5, 5.41) is 0. The van der Waals surface area contributed by atoms with Crippen molar-refractivity contribution in [1.82, 2.24) is 0 Å². The van der Waals surface area contributed by atoms with Gasteiger partial charge in [0, 0.05) is 17.2 Å². The van der Waals surface area contributed by atoms with Crippen LogP contribution in [0, 0.1) is 10.8 Å². The SMILES string of the molecule is CC(=O)C1=C(C(N)=O)N=CC(C)(C(C)(C)C)C=C1. The Morgan fingerprint density at radius 3 is 2.28 bits per heavy atom. The smallest absolute Gasteiger partial charge is 0.268 e. The highest BCUT2D eigenvalue weighted by molar-refractivity contribution is 6.07. The molecule has 4 nitrogen and oxygen atoms in total. The van der Waals surface area contributed by atoms with Gasteiger partial charge in [0.05, 0.1) is 0 Å². The third-order valence-electron chi connectivity index (χ3n) is 3.54. The zero-order valence-electron chi connectivity index (χ0n) is 11.6. The zero-order valence-corrected chi connectivity index (χ0v) is 11.6. The van der Waals surface area contributed by atoms with Gasteiger partial charge in [0.25, 0.3) is 5.91 Å². The Balaban J connectivity index is 3.38. The second-order valence-electron chi connectivity index (χ2n) is 5.81. The van der Waals surface area contributed by atoms with E-state index in [-0.39, 0.29) is 27.9 Å². The maximum atomic E-state index is 11.5. The summed E-state index contributed by atoms with van der Waals surface area (Å²) in [5.74, 6) is -0.894. The number of carbonyl (C=O) groups is 2. The lowest BCUT2D eigenvalue weighted by atomic mass is 9.68. The number of hydrogen-bond acceptors (Lipinski definition) is 3. The summed E-state index contributed by atoms with van der Waals surface area (Å²) in [6.45, 7) is 9.64. The summed E-state index contributed by atoms with van der Waals surface area (Å²) in [7, 11) is 0. The van der Waals surface area contributed by atoms with Gasteiger partial charge in [0.2, 0.25) is 0 Å². The summed E-state index contributed by atoms with van der Waals surface area (Å²) < 4.78 is 0. The molecule has 0 aromatic carbocycles. The predicted octanol–water partition coefficient (Wildman–Crippen LogP) is 2.01. The fraction of sp³-hybridized carbons (Fsp3) is 0.500. The van der Waals surface area contributed by atoms with Crippen LogP contribution in [0.5, 0.6) is 0 Å². The maximum Gasteiger partial charge on any atom is 0.268 e. The van der Waals surface area contributed by atoms with E-state index < -0.39 is 5.91 Å². The maximum absolute atomic E-state index is 11.5. The summed E-state index contributed by atoms with van der Waals surface area (Å²) >= 11 is 0. The summed E-state index contributed by atoms with van der Waals surface area (Å²) in [6, 6.07) is 0. The van der Waals surface area contributed by atoms with Gasteiger partial charge in [-0.3, -0.25) is 14.6 Å². The van der Waals surface area contributed by atoms with Crippen LogP contribution in [0.2, 0.25) is 0 Å². The Hall–Kier alpha value is -1.71. The van der Waals surface area contributed by atoms with Gasteiger partial charge in [0.1, 0.15) is 5.70 Å². The first-order valence-electron chi connectivity index (χ1n) is 5.88. The molecule has 18 heavy (non-hydrogen) atoms. The Kier molecular flexibility index (Phi) is 3.60. The van der Waals surface area contributed by atoms with Crippen LogP contribution in [0.1, 0.15) is 34.6 Å². The molecule has 0 saturated heterocycles. The minimum absolute atomic E-state index is 0.0340. The van der Waals surface area contributed by atoms with Crippen LogP contribution in [-0.4, -0.2) is 17.9 Å². The van der Waals surface area contributed by atoms with E-state index in [9.17, 15) is 9.59 Å². The van der Waals surface area contributed by atoms with Crippen molar-refractivity contribution in [2.75, 3.05) is 0 Å². The number of nitrogens with zero attached hydrogens (tertiary/aromatic N) is 1. The van der Waals surface area contributed by atoms with Crippen LogP contribution >= 0.6 is 0 Å². The summed E-state index contributed by atoms with van der Waals surface area (Å²) in [4.78, 5) is 27.0. The molecule has 1 unspecified atom stereocenters. The van der Waals surface area contributed by atoms with Gasteiger partial charge in [0.15, 0.2) is 5.78 Å². The molecule has 0 bridgehead atoms. The fourth-order valence-corrected chi connectivity index (χ4v) is 1.57. The third kappa shape index (κ3) is 2.58. The Bertz CT molecular complexity index is 443. The molecular formula is C14H20N2O2. The first-order chi connectivity index (χ1) is 8.08. The average Bonchev–Trinajstić information content (AvgIpc) is 2.37. The molecule has 4 heteroatoms. The van der Waals surface area contributed by atoms with Crippen molar-refractivity contribution in [2.45, 2.75) is 34.6 Å². The van der Waals surface area contributed by atoms with Crippen molar-refractivity contribution >= 4 is 17.9 Å². The standard InChI is InChI=1S/C14H20N2O2/c1-9(17)10-6-7-14(5,13(2,3)4)8-16-11(10)12(15)18/h6-8H,1-5H3,(H2,15,18). The normalized spacial score (nSPS) is 24.1. The van der Waals surface area contributed by atoms with E-state index in [2.05, 4.69) is 25.8 Å². The van der Waals surface area contributed by atoms with E-state index in [1.807, 2.05) is 13.0 Å². The third-order valence-corrected chi connectivity index (χ3v) is 3.54. The van der Waals surface area contributed by atoms with Crippen molar-refractivity contribution in [3.05, 3.63) is 23.4 Å². The highest BCUT2D eigenvalue weighted by atomic mass is 16.1. The summed E-state index contributed by atoms with van der Waals surface area (Å²) in [6.07, 6.45) is 5.25. The van der Waals surface area contributed by atoms with Crippen LogP contribution in [0.3, 0.4) is 0 Å². The lowest BCUT2D eigenvalue weighted by Gasteiger charge is -2.36. The number of rotatable bonds is 2. The van der Waals surface area contributed by atoms with Gasteiger partial charge in [-0.25, -0.2) is 0 Å². The van der Waals surface area contributed by atoms with E-state index in [0.717, 1.165) is 0 Å². The molecule has 2 N–H and O–H groups in total. The van der Waals surface area contributed by atoms with Crippen molar-refractivity contribution in [2.24, 2.45) is 21.6 Å². The number of aliphatic imine (C=N–C) groups is 1. The Morgan fingerprint density at radius 2 is 1.89 bits per heavy atom. The minimum Gasteiger partial charge on any atom is -0.364 e. The summed E-state index contributed by atoms with van der Waals surface area (Å²) in [5.41, 5.74) is 5.15. The lowest BCUT2D eigenvalue weighted by molar-refractivity contribution is -0.116. The number of amides is 1. The van der Waals surface area contributed by atoms with Gasteiger partial charge in [-0.05, 0) is 12.3 Å². The van der Waals surface area contributed by atoms with Crippen molar-refractivity contribution < 1.29 is 9.59 Å². The molecule has 1 aliphatic heterocycles. The van der Waals surface area contributed by atoms with E-state index >= 15 is 0 Å². The van der Waals surface area contributed by atoms with Crippen LogP contribution in [0.25, 0.3) is 0 Å². The predicted molar refractivity (Wildman–Crippen MR) is 72.1 cm³/mol. The average molecular weight is 248 g/mol. The molecule has 1 atom stereocenters. The molecule has 0 aromatic heterocycles. The number of primary amides is 1. The first-order valence-corrected chi connectivity index (χ1v) is 5.88. The number of ketones is 1. The van der Waals surface area contributed by atoms with Gasteiger partial charge in [-0.15, -0.1) is 0 Å². The van der Waals surface area contributed by atoms with Crippen molar-refractivity contribution in [1.29, 1.82) is 0 Å². The number of carbonyl (C=O) groups excluding carboxylic acids is 2. The van der Waals surface area contributed by atoms with Gasteiger partial charge in [-0.2, -0.15) is 0 Å². The largest absolute Gasteiger partial charge is 0.364 e. The highest BCUT2D eigenvalue weighted by Gasteiger charge is 2.35. The second kappa shape index (κ2) is 4.52. The fourth-order valence-electron chi connectivity index (χ4n) is 1.57. The molecule has 1 rings (SSSR count). The number of hydrogen-bond donors (Lipinski definition) is 1. The molecule has 0 saturated carbocycles. The molecule has 0 aromatic rings. The van der Waals surface area contributed by atoms with Gasteiger partial charge in [-0.1, -0.05) is 39.8 Å². The molecule has 1 amide bonds.